The van der Waals surface area contributed by atoms with E-state index in [2.05, 4.69) is 27.0 Å². The molecule has 0 saturated carbocycles. The number of aliphatic hydroxyl groups excluding tert-OH is 1. The molecule has 2 unspecified atom stereocenters. The van der Waals surface area contributed by atoms with Gasteiger partial charge >= 0.3 is 0 Å². The van der Waals surface area contributed by atoms with Crippen LogP contribution < -0.4 is 4.90 Å². The Labute approximate surface area is 256 Å². The Morgan fingerprint density at radius 3 is 2.40 bits per heavy atom. The van der Waals surface area contributed by atoms with Gasteiger partial charge < -0.3 is 19.8 Å². The molecule has 1 aromatic rings. The minimum absolute atomic E-state index is 0.00642. The highest BCUT2D eigenvalue weighted by molar-refractivity contribution is 8.02. The Morgan fingerprint density at radius 1 is 1.02 bits per heavy atom. The zero-order chi connectivity index (χ0) is 30.3. The number of thioether (sulfide) groups is 1. The lowest BCUT2D eigenvalue weighted by Gasteiger charge is -2.38. The monoisotopic (exact) mass is 595 g/mol. The summed E-state index contributed by atoms with van der Waals surface area (Å²) in [5, 5.41) is 9.22. The second-order valence-corrected chi connectivity index (χ2v) is 14.1. The third-order valence-electron chi connectivity index (χ3n) is 9.42. The number of aliphatic hydroxyl groups is 1. The predicted molar refractivity (Wildman–Crippen MR) is 171 cm³/mol. The number of anilines is 1. The summed E-state index contributed by atoms with van der Waals surface area (Å²) in [6.07, 6.45) is 11.3. The number of amides is 3. The van der Waals surface area contributed by atoms with Crippen LogP contribution in [0.25, 0.3) is 0 Å². The molecule has 3 fully saturated rings. The second-order valence-electron chi connectivity index (χ2n) is 12.3. The summed E-state index contributed by atoms with van der Waals surface area (Å²) in [5.74, 6) is -1.18. The molecule has 0 aromatic heterocycles. The Bertz CT molecular complexity index is 1130. The van der Waals surface area contributed by atoms with Gasteiger partial charge in [-0.1, -0.05) is 63.0 Å². The van der Waals surface area contributed by atoms with E-state index in [1.807, 2.05) is 40.1 Å². The van der Waals surface area contributed by atoms with Gasteiger partial charge in [0.25, 0.3) is 0 Å². The number of hydrogen-bond acceptors (Lipinski definition) is 5. The number of benzene rings is 1. The maximum Gasteiger partial charge on any atom is 0.247 e. The van der Waals surface area contributed by atoms with Crippen molar-refractivity contribution < 1.29 is 19.5 Å². The van der Waals surface area contributed by atoms with E-state index in [1.165, 1.54) is 0 Å². The van der Waals surface area contributed by atoms with Crippen LogP contribution in [0.4, 0.5) is 5.69 Å². The number of carbonyl (C=O) groups is 3. The van der Waals surface area contributed by atoms with Gasteiger partial charge in [-0.05, 0) is 51.2 Å². The molecule has 1 spiro atoms. The van der Waals surface area contributed by atoms with Crippen LogP contribution in [-0.2, 0) is 14.4 Å². The molecule has 3 saturated heterocycles. The number of unbranched alkanes of at least 4 members (excludes halogenated alkanes) is 5. The van der Waals surface area contributed by atoms with Crippen LogP contribution in [0, 0.1) is 11.8 Å². The van der Waals surface area contributed by atoms with Gasteiger partial charge in [-0.25, -0.2) is 0 Å². The van der Waals surface area contributed by atoms with Gasteiger partial charge in [0.15, 0.2) is 0 Å². The lowest BCUT2D eigenvalue weighted by molar-refractivity contribution is -0.143. The molecular weight excluding hydrogens is 546 g/mol. The summed E-state index contributed by atoms with van der Waals surface area (Å²) in [6, 6.07) is 9.00. The Morgan fingerprint density at radius 2 is 1.74 bits per heavy atom. The number of fused-ring (bicyclic) bond motifs is 1. The molecule has 0 radical (unpaired) electrons. The van der Waals surface area contributed by atoms with Crippen molar-refractivity contribution in [3.8, 4) is 0 Å². The number of hydrogen-bond donors (Lipinski definition) is 1. The fraction of sp³-hybridized carbons (Fsp3) is 0.618. The summed E-state index contributed by atoms with van der Waals surface area (Å²) < 4.78 is -1.06. The van der Waals surface area contributed by atoms with Crippen molar-refractivity contribution in [2.75, 3.05) is 37.7 Å². The van der Waals surface area contributed by atoms with Crippen LogP contribution in [0.15, 0.2) is 55.6 Å². The summed E-state index contributed by atoms with van der Waals surface area (Å²) in [7, 11) is 0. The predicted octanol–water partition coefficient (Wildman–Crippen LogP) is 5.44. The number of nitrogens with zero attached hydrogens (tertiary/aromatic N) is 3. The molecule has 3 amide bonds. The van der Waals surface area contributed by atoms with Gasteiger partial charge in [0.1, 0.15) is 6.04 Å². The van der Waals surface area contributed by atoms with E-state index in [4.69, 9.17) is 0 Å². The quantitative estimate of drug-likeness (QED) is 0.192. The molecule has 7 nitrogen and oxygen atoms in total. The van der Waals surface area contributed by atoms with Gasteiger partial charge in [0.05, 0.1) is 16.6 Å². The van der Waals surface area contributed by atoms with E-state index in [1.54, 1.807) is 28.8 Å². The van der Waals surface area contributed by atoms with Crippen molar-refractivity contribution in [1.29, 1.82) is 0 Å². The molecule has 3 aliphatic heterocycles. The second kappa shape index (κ2) is 14.3. The minimum atomic E-state index is -0.630. The maximum atomic E-state index is 14.5. The highest BCUT2D eigenvalue weighted by Gasteiger charge is 2.77. The fourth-order valence-corrected chi connectivity index (χ4v) is 9.81. The molecule has 230 valence electrons. The molecule has 2 bridgehead atoms. The van der Waals surface area contributed by atoms with Crippen LogP contribution in [0.2, 0.25) is 0 Å². The first-order chi connectivity index (χ1) is 20.3. The number of para-hydroxylation sites is 1. The molecule has 8 heteroatoms. The van der Waals surface area contributed by atoms with Crippen LogP contribution in [0.5, 0.6) is 0 Å². The lowest BCUT2D eigenvalue weighted by atomic mass is 9.66. The average molecular weight is 596 g/mol. The number of likely N-dealkylation sites (tertiary alicyclic amines) is 1. The molecule has 4 rings (SSSR count). The zero-order valence-electron chi connectivity index (χ0n) is 25.5. The molecule has 42 heavy (non-hydrogen) atoms. The van der Waals surface area contributed by atoms with Crippen molar-refractivity contribution >= 4 is 35.2 Å². The van der Waals surface area contributed by atoms with Crippen molar-refractivity contribution in [1.82, 2.24) is 9.80 Å². The molecule has 3 heterocycles. The van der Waals surface area contributed by atoms with Crippen LogP contribution in [0.3, 0.4) is 0 Å². The van der Waals surface area contributed by atoms with Gasteiger partial charge in [-0.3, -0.25) is 14.4 Å². The summed E-state index contributed by atoms with van der Waals surface area (Å²) in [6.45, 7) is 14.2. The highest BCUT2D eigenvalue weighted by atomic mass is 32.2. The minimum Gasteiger partial charge on any atom is -0.396 e. The largest absolute Gasteiger partial charge is 0.396 e. The highest BCUT2D eigenvalue weighted by Crippen LogP contribution is 2.71. The van der Waals surface area contributed by atoms with Crippen LogP contribution in [0.1, 0.15) is 71.6 Å². The Kier molecular flexibility index (Phi) is 11.0. The third kappa shape index (κ3) is 6.07. The lowest BCUT2D eigenvalue weighted by Crippen LogP contribution is -2.55. The number of rotatable bonds is 17. The molecule has 3 aliphatic rings. The third-order valence-corrected chi connectivity index (χ3v) is 11.4. The molecule has 1 aromatic carbocycles. The molecular formula is C34H49N3O4S. The number of carbonyl (C=O) groups excluding carboxylic acids is 3. The molecule has 0 aliphatic carbocycles. The van der Waals surface area contributed by atoms with Gasteiger partial charge in [-0.15, -0.1) is 24.9 Å². The van der Waals surface area contributed by atoms with E-state index < -0.39 is 27.4 Å². The smallest absolute Gasteiger partial charge is 0.247 e. The Balaban J connectivity index is 1.71. The van der Waals surface area contributed by atoms with E-state index >= 15 is 0 Å². The first-order valence-corrected chi connectivity index (χ1v) is 16.6. The van der Waals surface area contributed by atoms with Crippen LogP contribution >= 0.6 is 11.8 Å². The topological polar surface area (TPSA) is 81.2 Å². The van der Waals surface area contributed by atoms with Gasteiger partial charge in [-0.2, -0.15) is 0 Å². The van der Waals surface area contributed by atoms with Crippen LogP contribution in [-0.4, -0.2) is 80.9 Å². The van der Waals surface area contributed by atoms with E-state index in [-0.39, 0.29) is 24.3 Å². The maximum absolute atomic E-state index is 14.5. The first-order valence-electron chi connectivity index (χ1n) is 15.8. The van der Waals surface area contributed by atoms with Gasteiger partial charge in [0, 0.05) is 43.2 Å². The van der Waals surface area contributed by atoms with Crippen molar-refractivity contribution in [3.63, 3.8) is 0 Å². The van der Waals surface area contributed by atoms with Gasteiger partial charge in [0.2, 0.25) is 17.7 Å². The Hall–Kier alpha value is -2.58. The summed E-state index contributed by atoms with van der Waals surface area (Å²) in [5.41, 5.74) is 0.791. The van der Waals surface area contributed by atoms with E-state index in [9.17, 15) is 19.5 Å². The molecule has 5 atom stereocenters. The fourth-order valence-electron chi connectivity index (χ4n) is 7.47. The zero-order valence-corrected chi connectivity index (χ0v) is 26.3. The van der Waals surface area contributed by atoms with Crippen molar-refractivity contribution in [2.45, 2.75) is 87.2 Å². The summed E-state index contributed by atoms with van der Waals surface area (Å²) >= 11 is 1.73. The average Bonchev–Trinajstić information content (AvgIpc) is 3.55. The SMILES string of the molecule is C=CCN(CCCCC)C(=O)C1N(CCCCCCO)C(=O)[C@@H]2[C@@H](C(=O)N(CC=C)c3ccccc3)[C@@]3(C)CCC12S3. The van der Waals surface area contributed by atoms with Crippen molar-refractivity contribution in [2.24, 2.45) is 11.8 Å². The summed E-state index contributed by atoms with van der Waals surface area (Å²) in [4.78, 5) is 49.0. The van der Waals surface area contributed by atoms with E-state index in [0.29, 0.717) is 26.2 Å². The molecule has 1 N–H and O–H groups in total. The first kappa shape index (κ1) is 32.3. The standard InChI is InChI=1S/C34H49N3O4S/c1-5-8-14-23-35(21-6-2)32(41)29-34-20-19-33(4,42-34)27(28(34)31(40)37(29)24-15-9-10-16-25-38)30(39)36(22-7-3)26-17-12-11-13-18-26/h6-7,11-13,17-18,27-29,38H,2-3,5,8-10,14-16,19-25H2,1,4H3/t27-,28-,29?,33+,34?/m0/s1. The van der Waals surface area contributed by atoms with E-state index in [0.717, 1.165) is 63.5 Å². The normalized spacial score (nSPS) is 27.6. The van der Waals surface area contributed by atoms with Crippen molar-refractivity contribution in [3.05, 3.63) is 55.6 Å².